The highest BCUT2D eigenvalue weighted by Gasteiger charge is 2.33. The Labute approximate surface area is 139 Å². The lowest BCUT2D eigenvalue weighted by Crippen LogP contribution is -2.40. The van der Waals surface area contributed by atoms with Crippen LogP contribution in [0.4, 0.5) is 0 Å². The summed E-state index contributed by atoms with van der Waals surface area (Å²) in [6.07, 6.45) is 3.89. The molecule has 0 aliphatic carbocycles. The molecule has 1 N–H and O–H groups in total. The normalized spacial score (nSPS) is 18.0. The van der Waals surface area contributed by atoms with E-state index in [1.165, 1.54) is 16.2 Å². The summed E-state index contributed by atoms with van der Waals surface area (Å²) in [5.74, 6) is -0.206. The molecule has 1 aliphatic rings. The monoisotopic (exact) mass is 345 g/mol. The van der Waals surface area contributed by atoms with Crippen LogP contribution in [0.5, 0.6) is 0 Å². The van der Waals surface area contributed by atoms with Crippen molar-refractivity contribution in [1.82, 2.24) is 24.2 Å². The summed E-state index contributed by atoms with van der Waals surface area (Å²) in [6.45, 7) is 2.36. The zero-order valence-electron chi connectivity index (χ0n) is 13.1. The maximum absolute atomic E-state index is 12.9. The van der Waals surface area contributed by atoms with Crippen molar-refractivity contribution in [3.63, 3.8) is 0 Å². The lowest BCUT2D eigenvalue weighted by molar-refractivity contribution is -0.129. The Bertz CT molecular complexity index is 1060. The second kappa shape index (κ2) is 5.17. The fraction of sp³-hybridized carbons (Fsp3) is 0.333. The maximum Gasteiger partial charge on any atom is 0.330 e. The van der Waals surface area contributed by atoms with E-state index in [2.05, 4.69) is 10.1 Å². The molecule has 4 rings (SSSR count). The van der Waals surface area contributed by atoms with E-state index in [9.17, 15) is 14.4 Å². The van der Waals surface area contributed by atoms with Gasteiger partial charge in [0.25, 0.3) is 5.56 Å². The predicted molar refractivity (Wildman–Crippen MR) is 89.9 cm³/mol. The van der Waals surface area contributed by atoms with Gasteiger partial charge >= 0.3 is 5.69 Å². The average molecular weight is 345 g/mol. The highest BCUT2D eigenvalue weighted by molar-refractivity contribution is 7.21. The maximum atomic E-state index is 12.9. The number of hydrogen-bond donors (Lipinski definition) is 1. The van der Waals surface area contributed by atoms with Crippen molar-refractivity contribution in [2.24, 2.45) is 0 Å². The highest BCUT2D eigenvalue weighted by atomic mass is 32.1. The van der Waals surface area contributed by atoms with Crippen LogP contribution in [0.15, 0.2) is 28.0 Å². The first-order valence-electron chi connectivity index (χ1n) is 7.52. The van der Waals surface area contributed by atoms with Crippen LogP contribution in [0, 0.1) is 6.92 Å². The van der Waals surface area contributed by atoms with Crippen molar-refractivity contribution in [3.8, 4) is 5.00 Å². The molecular weight excluding hydrogens is 330 g/mol. The fourth-order valence-corrected chi connectivity index (χ4v) is 4.28. The predicted octanol–water partition coefficient (Wildman–Crippen LogP) is 0.649. The Morgan fingerprint density at radius 3 is 2.75 bits per heavy atom. The fourth-order valence-electron chi connectivity index (χ4n) is 3.15. The summed E-state index contributed by atoms with van der Waals surface area (Å²) in [7, 11) is 1.67. The minimum absolute atomic E-state index is 0.206. The van der Waals surface area contributed by atoms with E-state index in [0.717, 1.165) is 15.1 Å². The molecule has 0 aromatic carbocycles. The number of hydrogen-bond acceptors (Lipinski definition) is 5. The van der Waals surface area contributed by atoms with Gasteiger partial charge in [0.15, 0.2) is 0 Å². The van der Waals surface area contributed by atoms with Crippen molar-refractivity contribution in [2.75, 3.05) is 13.6 Å². The Hall–Kier alpha value is -2.68. The first kappa shape index (κ1) is 14.9. The van der Waals surface area contributed by atoms with Crippen LogP contribution in [0.3, 0.4) is 0 Å². The second-order valence-corrected chi connectivity index (χ2v) is 6.86. The number of carbonyl (C=O) groups excluding carboxylic acids is 1. The third-order valence-corrected chi connectivity index (χ3v) is 5.61. The Kier molecular flexibility index (Phi) is 3.20. The SMILES string of the molecule is Cc1c(-n2cccn2)sc2[nH]c(=O)n([C@H]3CCN(C)C3=O)c(=O)c12. The number of rotatable bonds is 2. The van der Waals surface area contributed by atoms with Crippen molar-refractivity contribution in [2.45, 2.75) is 19.4 Å². The first-order chi connectivity index (χ1) is 11.5. The zero-order chi connectivity index (χ0) is 17.0. The largest absolute Gasteiger partial charge is 0.344 e. The summed E-state index contributed by atoms with van der Waals surface area (Å²) in [4.78, 5) is 42.4. The summed E-state index contributed by atoms with van der Waals surface area (Å²) < 4.78 is 2.72. The third kappa shape index (κ3) is 1.97. The van der Waals surface area contributed by atoms with E-state index in [0.29, 0.717) is 23.2 Å². The molecule has 4 heterocycles. The zero-order valence-corrected chi connectivity index (χ0v) is 14.0. The summed E-state index contributed by atoms with van der Waals surface area (Å²) in [5, 5.41) is 5.39. The first-order valence-corrected chi connectivity index (χ1v) is 8.33. The van der Waals surface area contributed by atoms with E-state index in [4.69, 9.17) is 0 Å². The number of likely N-dealkylation sites (tertiary alicyclic amines) is 1. The topological polar surface area (TPSA) is 93.0 Å². The number of nitrogens with one attached hydrogen (secondary N) is 1. The van der Waals surface area contributed by atoms with Gasteiger partial charge in [-0.25, -0.2) is 14.0 Å². The summed E-state index contributed by atoms with van der Waals surface area (Å²) in [5.41, 5.74) is -0.225. The number of aromatic amines is 1. The molecule has 0 bridgehead atoms. The highest BCUT2D eigenvalue weighted by Crippen LogP contribution is 2.29. The smallest absolute Gasteiger partial charge is 0.330 e. The van der Waals surface area contributed by atoms with Crippen molar-refractivity contribution >= 4 is 27.5 Å². The Morgan fingerprint density at radius 1 is 1.33 bits per heavy atom. The van der Waals surface area contributed by atoms with Crippen LogP contribution >= 0.6 is 11.3 Å². The van der Waals surface area contributed by atoms with E-state index >= 15 is 0 Å². The van der Waals surface area contributed by atoms with Gasteiger partial charge in [0.05, 0.1) is 5.39 Å². The lowest BCUT2D eigenvalue weighted by atomic mass is 10.2. The molecule has 3 aromatic rings. The van der Waals surface area contributed by atoms with Crippen LogP contribution in [0.1, 0.15) is 18.0 Å². The van der Waals surface area contributed by atoms with Gasteiger partial charge in [-0.2, -0.15) is 5.10 Å². The van der Waals surface area contributed by atoms with E-state index < -0.39 is 17.3 Å². The number of H-pyrrole nitrogens is 1. The molecule has 0 unspecified atom stereocenters. The molecule has 3 aromatic heterocycles. The minimum atomic E-state index is -0.733. The van der Waals surface area contributed by atoms with Gasteiger partial charge in [-0.1, -0.05) is 11.3 Å². The van der Waals surface area contributed by atoms with Crippen molar-refractivity contribution in [3.05, 3.63) is 44.9 Å². The van der Waals surface area contributed by atoms with Gasteiger partial charge in [0.2, 0.25) is 5.91 Å². The van der Waals surface area contributed by atoms with Gasteiger partial charge in [-0.05, 0) is 19.4 Å². The van der Waals surface area contributed by atoms with Gasteiger partial charge < -0.3 is 4.90 Å². The van der Waals surface area contributed by atoms with Gasteiger partial charge in [0, 0.05) is 31.5 Å². The molecule has 1 atom stereocenters. The van der Waals surface area contributed by atoms with Crippen LogP contribution in [0.25, 0.3) is 15.2 Å². The number of thiophene rings is 1. The number of carbonyl (C=O) groups is 1. The molecule has 1 fully saturated rings. The summed E-state index contributed by atoms with van der Waals surface area (Å²) in [6, 6.07) is 1.06. The number of likely N-dealkylation sites (N-methyl/N-ethyl adjacent to an activating group) is 1. The van der Waals surface area contributed by atoms with Gasteiger partial charge in [-0.3, -0.25) is 14.6 Å². The molecule has 1 saturated heterocycles. The molecule has 0 radical (unpaired) electrons. The van der Waals surface area contributed by atoms with Crippen LogP contribution in [-0.4, -0.2) is 43.7 Å². The van der Waals surface area contributed by atoms with Crippen molar-refractivity contribution < 1.29 is 4.79 Å². The molecule has 24 heavy (non-hydrogen) atoms. The minimum Gasteiger partial charge on any atom is -0.344 e. The third-order valence-electron chi connectivity index (χ3n) is 4.42. The lowest BCUT2D eigenvalue weighted by Gasteiger charge is -2.12. The van der Waals surface area contributed by atoms with E-state index in [1.54, 1.807) is 30.2 Å². The average Bonchev–Trinajstić information content (AvgIpc) is 3.23. The quantitative estimate of drug-likeness (QED) is 0.738. The molecular formula is C15H15N5O3S. The molecule has 1 amide bonds. The molecule has 8 nitrogen and oxygen atoms in total. The van der Waals surface area contributed by atoms with E-state index in [1.807, 2.05) is 6.92 Å². The molecule has 9 heteroatoms. The number of amides is 1. The number of aromatic nitrogens is 4. The molecule has 1 aliphatic heterocycles. The Balaban J connectivity index is 1.98. The number of fused-ring (bicyclic) bond motifs is 1. The second-order valence-electron chi connectivity index (χ2n) is 5.86. The number of aryl methyl sites for hydroxylation is 1. The molecule has 124 valence electrons. The van der Waals surface area contributed by atoms with Crippen LogP contribution in [0.2, 0.25) is 0 Å². The van der Waals surface area contributed by atoms with Crippen LogP contribution in [-0.2, 0) is 4.79 Å². The van der Waals surface area contributed by atoms with Crippen LogP contribution < -0.4 is 11.2 Å². The van der Waals surface area contributed by atoms with E-state index in [-0.39, 0.29) is 5.91 Å². The summed E-state index contributed by atoms with van der Waals surface area (Å²) >= 11 is 1.30. The molecule has 0 spiro atoms. The Morgan fingerprint density at radius 2 is 2.12 bits per heavy atom. The molecule has 0 saturated carbocycles. The van der Waals surface area contributed by atoms with Gasteiger partial charge in [-0.15, -0.1) is 0 Å². The van der Waals surface area contributed by atoms with Crippen molar-refractivity contribution in [1.29, 1.82) is 0 Å². The standard InChI is InChI=1S/C15H15N5O3S/c1-8-10-11(24-14(8)19-6-3-5-16-19)17-15(23)20(13(10)22)9-4-7-18(2)12(9)21/h3,5-6,9H,4,7H2,1-2H3,(H,17,23)/t9-/m0/s1. The van der Waals surface area contributed by atoms with Gasteiger partial charge in [0.1, 0.15) is 15.9 Å². The number of nitrogens with zero attached hydrogens (tertiary/aromatic N) is 4.